The van der Waals surface area contributed by atoms with E-state index >= 15 is 0 Å². The van der Waals surface area contributed by atoms with Crippen molar-refractivity contribution in [1.29, 1.82) is 0 Å². The first-order valence-corrected chi connectivity index (χ1v) is 5.11. The number of nitrogens with zero attached hydrogens (tertiary/aromatic N) is 1. The van der Waals surface area contributed by atoms with Crippen LogP contribution < -0.4 is 10.6 Å². The first-order chi connectivity index (χ1) is 6.74. The number of carbonyl (C=O) groups excluding carboxylic acids is 1. The van der Waals surface area contributed by atoms with Crippen LogP contribution in [0, 0.1) is 0 Å². The first kappa shape index (κ1) is 11.0. The number of hydrogen-bond donors (Lipinski definition) is 2. The minimum absolute atomic E-state index is 0.0585. The van der Waals surface area contributed by atoms with Crippen molar-refractivity contribution in [3.63, 3.8) is 0 Å². The fraction of sp³-hybridized carbons (Fsp3) is 0.700. The van der Waals surface area contributed by atoms with Crippen LogP contribution in [0.4, 0.5) is 4.79 Å². The molecule has 0 saturated carbocycles. The topological polar surface area (TPSA) is 44.4 Å². The Kier molecular flexibility index (Phi) is 4.46. The maximum absolute atomic E-state index is 11.1. The largest absolute Gasteiger partial charge is 0.336 e. The van der Waals surface area contributed by atoms with Gasteiger partial charge < -0.3 is 15.5 Å². The zero-order valence-electron chi connectivity index (χ0n) is 8.75. The van der Waals surface area contributed by atoms with Gasteiger partial charge in [0.1, 0.15) is 0 Å². The summed E-state index contributed by atoms with van der Waals surface area (Å²) in [6.07, 6.45) is 2.87. The monoisotopic (exact) mass is 197 g/mol. The SMILES string of the molecule is C=CCC(C)NCCN1CCNC1=O. The van der Waals surface area contributed by atoms with Gasteiger partial charge in [-0.1, -0.05) is 6.08 Å². The van der Waals surface area contributed by atoms with Crippen LogP contribution in [0.15, 0.2) is 12.7 Å². The second-order valence-electron chi connectivity index (χ2n) is 3.60. The summed E-state index contributed by atoms with van der Waals surface area (Å²) >= 11 is 0. The molecule has 1 heterocycles. The van der Waals surface area contributed by atoms with E-state index in [4.69, 9.17) is 0 Å². The van der Waals surface area contributed by atoms with E-state index in [1.807, 2.05) is 11.0 Å². The minimum Gasteiger partial charge on any atom is -0.336 e. The van der Waals surface area contributed by atoms with E-state index in [9.17, 15) is 4.79 Å². The summed E-state index contributed by atoms with van der Waals surface area (Å²) in [6.45, 7) is 9.04. The van der Waals surface area contributed by atoms with Gasteiger partial charge in [0.2, 0.25) is 0 Å². The van der Waals surface area contributed by atoms with Crippen LogP contribution in [0.5, 0.6) is 0 Å². The highest BCUT2D eigenvalue weighted by molar-refractivity contribution is 5.76. The normalized spacial score (nSPS) is 18.1. The molecule has 0 aliphatic carbocycles. The molecule has 1 aliphatic rings. The second kappa shape index (κ2) is 5.65. The van der Waals surface area contributed by atoms with Crippen molar-refractivity contribution in [2.45, 2.75) is 19.4 Å². The van der Waals surface area contributed by atoms with Gasteiger partial charge in [-0.3, -0.25) is 0 Å². The van der Waals surface area contributed by atoms with Crippen molar-refractivity contribution in [2.24, 2.45) is 0 Å². The van der Waals surface area contributed by atoms with Crippen LogP contribution in [0.3, 0.4) is 0 Å². The molecule has 1 rings (SSSR count). The number of amides is 2. The summed E-state index contributed by atoms with van der Waals surface area (Å²) in [4.78, 5) is 13.0. The van der Waals surface area contributed by atoms with E-state index in [0.29, 0.717) is 6.04 Å². The van der Waals surface area contributed by atoms with Crippen LogP contribution in [-0.4, -0.2) is 43.2 Å². The number of nitrogens with one attached hydrogen (secondary N) is 2. The fourth-order valence-corrected chi connectivity index (χ4v) is 1.50. The quantitative estimate of drug-likeness (QED) is 0.611. The van der Waals surface area contributed by atoms with Gasteiger partial charge in [0.05, 0.1) is 0 Å². The molecule has 0 aromatic carbocycles. The molecular formula is C10H19N3O. The van der Waals surface area contributed by atoms with Gasteiger partial charge in [0, 0.05) is 32.2 Å². The van der Waals surface area contributed by atoms with Gasteiger partial charge in [0.25, 0.3) is 0 Å². The van der Waals surface area contributed by atoms with Gasteiger partial charge in [-0.2, -0.15) is 0 Å². The van der Waals surface area contributed by atoms with Crippen LogP contribution in [0.25, 0.3) is 0 Å². The zero-order chi connectivity index (χ0) is 10.4. The van der Waals surface area contributed by atoms with E-state index in [1.54, 1.807) is 0 Å². The van der Waals surface area contributed by atoms with Gasteiger partial charge in [-0.25, -0.2) is 4.79 Å². The highest BCUT2D eigenvalue weighted by atomic mass is 16.2. The van der Waals surface area contributed by atoms with E-state index in [-0.39, 0.29) is 6.03 Å². The molecule has 1 atom stereocenters. The fourth-order valence-electron chi connectivity index (χ4n) is 1.50. The maximum Gasteiger partial charge on any atom is 0.317 e. The predicted molar refractivity (Wildman–Crippen MR) is 57.3 cm³/mol. The smallest absolute Gasteiger partial charge is 0.317 e. The zero-order valence-corrected chi connectivity index (χ0v) is 8.75. The van der Waals surface area contributed by atoms with E-state index < -0.39 is 0 Å². The van der Waals surface area contributed by atoms with Crippen molar-refractivity contribution in [3.8, 4) is 0 Å². The summed E-state index contributed by atoms with van der Waals surface area (Å²) in [5.74, 6) is 0. The third-order valence-corrected chi connectivity index (χ3v) is 2.34. The Morgan fingerprint density at radius 1 is 1.79 bits per heavy atom. The Balaban J connectivity index is 2.08. The van der Waals surface area contributed by atoms with Crippen molar-refractivity contribution < 1.29 is 4.79 Å². The van der Waals surface area contributed by atoms with E-state index in [1.165, 1.54) is 0 Å². The third-order valence-electron chi connectivity index (χ3n) is 2.34. The Bertz CT molecular complexity index is 206. The van der Waals surface area contributed by atoms with Gasteiger partial charge in [-0.05, 0) is 13.3 Å². The highest BCUT2D eigenvalue weighted by Crippen LogP contribution is 1.95. The lowest BCUT2D eigenvalue weighted by molar-refractivity contribution is 0.217. The number of carbonyl (C=O) groups is 1. The molecule has 0 spiro atoms. The Morgan fingerprint density at radius 2 is 2.57 bits per heavy atom. The Labute approximate surface area is 85.3 Å². The van der Waals surface area contributed by atoms with Gasteiger partial charge >= 0.3 is 6.03 Å². The molecule has 1 unspecified atom stereocenters. The summed E-state index contributed by atoms with van der Waals surface area (Å²) in [7, 11) is 0. The summed E-state index contributed by atoms with van der Waals surface area (Å²) in [5.41, 5.74) is 0. The molecule has 0 aromatic heterocycles. The summed E-state index contributed by atoms with van der Waals surface area (Å²) < 4.78 is 0. The molecule has 1 fully saturated rings. The van der Waals surface area contributed by atoms with Gasteiger partial charge in [-0.15, -0.1) is 6.58 Å². The molecule has 1 saturated heterocycles. The van der Waals surface area contributed by atoms with Crippen molar-refractivity contribution in [1.82, 2.24) is 15.5 Å². The Morgan fingerprint density at radius 3 is 3.14 bits per heavy atom. The van der Waals surface area contributed by atoms with Crippen LogP contribution in [0.2, 0.25) is 0 Å². The summed E-state index contributed by atoms with van der Waals surface area (Å²) in [6, 6.07) is 0.501. The third kappa shape index (κ3) is 3.38. The molecule has 0 radical (unpaired) electrons. The molecule has 1 aliphatic heterocycles. The summed E-state index contributed by atoms with van der Waals surface area (Å²) in [5, 5.41) is 6.11. The number of hydrogen-bond acceptors (Lipinski definition) is 2. The average Bonchev–Trinajstić information content (AvgIpc) is 2.52. The average molecular weight is 197 g/mol. The molecule has 0 bridgehead atoms. The van der Waals surface area contributed by atoms with Crippen LogP contribution in [0.1, 0.15) is 13.3 Å². The number of urea groups is 1. The van der Waals surface area contributed by atoms with Crippen molar-refractivity contribution >= 4 is 6.03 Å². The molecule has 4 heteroatoms. The molecule has 0 aromatic rings. The lowest BCUT2D eigenvalue weighted by Crippen LogP contribution is -2.37. The lowest BCUT2D eigenvalue weighted by atomic mass is 10.2. The highest BCUT2D eigenvalue weighted by Gasteiger charge is 2.18. The van der Waals surface area contributed by atoms with E-state index in [2.05, 4.69) is 24.1 Å². The van der Waals surface area contributed by atoms with Crippen molar-refractivity contribution in [3.05, 3.63) is 12.7 Å². The number of rotatable bonds is 6. The molecule has 80 valence electrons. The first-order valence-electron chi connectivity index (χ1n) is 5.11. The van der Waals surface area contributed by atoms with E-state index in [0.717, 1.165) is 32.6 Å². The maximum atomic E-state index is 11.1. The van der Waals surface area contributed by atoms with Crippen LogP contribution >= 0.6 is 0 Å². The molecular weight excluding hydrogens is 178 g/mol. The Hall–Kier alpha value is -1.03. The van der Waals surface area contributed by atoms with Gasteiger partial charge in [0.15, 0.2) is 0 Å². The lowest BCUT2D eigenvalue weighted by Gasteiger charge is -2.16. The predicted octanol–water partition coefficient (Wildman–Crippen LogP) is 0.566. The second-order valence-corrected chi connectivity index (χ2v) is 3.60. The van der Waals surface area contributed by atoms with Crippen LogP contribution in [-0.2, 0) is 0 Å². The molecule has 14 heavy (non-hydrogen) atoms. The molecule has 2 amide bonds. The molecule has 4 nitrogen and oxygen atoms in total. The standard InChI is InChI=1S/C10H19N3O/c1-3-4-9(2)11-5-7-13-8-6-12-10(13)14/h3,9,11H,1,4-8H2,2H3,(H,12,14). The molecule has 2 N–H and O–H groups in total. The minimum atomic E-state index is 0.0585. The van der Waals surface area contributed by atoms with Crippen molar-refractivity contribution in [2.75, 3.05) is 26.2 Å².